The largest absolute Gasteiger partial charge is 0.400 e. The van der Waals surface area contributed by atoms with E-state index in [-0.39, 0.29) is 6.61 Å². The number of ether oxygens (including phenoxy) is 3. The molecule has 1 aliphatic heterocycles. The highest BCUT2D eigenvalue weighted by Crippen LogP contribution is 2.33. The van der Waals surface area contributed by atoms with Gasteiger partial charge in [0.05, 0.1) is 13.2 Å². The second-order valence-electron chi connectivity index (χ2n) is 7.42. The Kier molecular flexibility index (Phi) is 13.4. The predicted octanol–water partition coefficient (Wildman–Crippen LogP) is 2.97. The molecule has 38 heavy (non-hydrogen) atoms. The van der Waals surface area contributed by atoms with E-state index in [1.807, 2.05) is 0 Å². The summed E-state index contributed by atoms with van der Waals surface area (Å²) in [6, 6.07) is 8.55. The summed E-state index contributed by atoms with van der Waals surface area (Å²) in [6.45, 7) is -2.82. The molecule has 0 aliphatic carbocycles. The van der Waals surface area contributed by atoms with Gasteiger partial charge in [0.25, 0.3) is 0 Å². The van der Waals surface area contributed by atoms with Gasteiger partial charge in [-0.15, -0.1) is 0 Å². The Labute approximate surface area is 249 Å². The third-order valence-corrected chi connectivity index (χ3v) is 6.86. The molecule has 0 aromatic heterocycles. The summed E-state index contributed by atoms with van der Waals surface area (Å²) in [5.41, 5.74) is 0.628. The fraction of sp³-hybridized carbons (Fsp3) is 0.667. The van der Waals surface area contributed by atoms with Crippen molar-refractivity contribution in [1.82, 2.24) is 0 Å². The van der Waals surface area contributed by atoms with Crippen molar-refractivity contribution in [3.63, 3.8) is 0 Å². The first kappa shape index (κ1) is 34.7. The lowest BCUT2D eigenvalue weighted by atomic mass is 9.99. The summed E-state index contributed by atoms with van der Waals surface area (Å²) in [5.74, 6) is 0. The van der Waals surface area contributed by atoms with E-state index >= 15 is 0 Å². The highest BCUT2D eigenvalue weighted by atomic mass is 35.6. The first-order valence-electron chi connectivity index (χ1n) is 10.2. The van der Waals surface area contributed by atoms with Crippen LogP contribution in [0.1, 0.15) is 5.56 Å². The average molecular weight is 707 g/mol. The fourth-order valence-electron chi connectivity index (χ4n) is 3.00. The Hall–Kier alpha value is 0.540. The summed E-state index contributed by atoms with van der Waals surface area (Å²) >= 11 is 33.2. The van der Waals surface area contributed by atoms with Crippen LogP contribution in [0.2, 0.25) is 0 Å². The third kappa shape index (κ3) is 12.2. The van der Waals surface area contributed by atoms with Crippen LogP contribution in [-0.4, -0.2) is 87.2 Å². The number of methoxy groups -OCH3 is 1. The Morgan fingerprint density at radius 1 is 0.842 bits per heavy atom. The molecule has 20 heteroatoms. The first-order chi connectivity index (χ1) is 17.5. The van der Waals surface area contributed by atoms with Crippen molar-refractivity contribution in [2.45, 2.75) is 44.9 Å². The van der Waals surface area contributed by atoms with Gasteiger partial charge in [-0.2, -0.15) is 16.8 Å². The molecule has 0 unspecified atom stereocenters. The standard InChI is InChI=1S/C18H22Cl6O12S2/c1-30-16-15(36-38(28,29)33-10-18(22,23)24)14(35-37(26,27)32-9-17(19,20)21)13(12(7-25)34-16)31-8-11-5-3-2-4-6-11/h2-6,12-16,25H,7-10H2,1H3/t12-,13-,14+,15-,16+/m1/s1. The van der Waals surface area contributed by atoms with E-state index in [0.29, 0.717) is 5.56 Å². The summed E-state index contributed by atoms with van der Waals surface area (Å²) in [7, 11) is -8.95. The Balaban J connectivity index is 2.43. The van der Waals surface area contributed by atoms with Crippen molar-refractivity contribution in [2.24, 2.45) is 0 Å². The molecule has 5 atom stereocenters. The molecule has 0 spiro atoms. The predicted molar refractivity (Wildman–Crippen MR) is 138 cm³/mol. The minimum absolute atomic E-state index is 0.152. The van der Waals surface area contributed by atoms with Crippen LogP contribution in [0.25, 0.3) is 0 Å². The molecule has 0 radical (unpaired) electrons. The zero-order valence-electron chi connectivity index (χ0n) is 19.1. The SMILES string of the molecule is CO[C@H]1O[C@H](CO)[C@@H](OCc2ccccc2)[C@H](OS(=O)(=O)OCC(Cl)(Cl)Cl)[C@H]1OS(=O)(=O)OCC(Cl)(Cl)Cl. The van der Waals surface area contributed by atoms with Crippen molar-refractivity contribution in [3.8, 4) is 0 Å². The lowest BCUT2D eigenvalue weighted by molar-refractivity contribution is -0.293. The molecule has 1 N–H and O–H groups in total. The quantitative estimate of drug-likeness (QED) is 0.300. The number of halogens is 6. The Morgan fingerprint density at radius 2 is 1.34 bits per heavy atom. The minimum atomic E-state index is -5.02. The van der Waals surface area contributed by atoms with Crippen LogP contribution in [0.5, 0.6) is 0 Å². The molecule has 1 heterocycles. The highest BCUT2D eigenvalue weighted by molar-refractivity contribution is 7.82. The lowest BCUT2D eigenvalue weighted by Gasteiger charge is -2.43. The fourth-order valence-corrected chi connectivity index (χ4v) is 5.43. The molecule has 0 saturated carbocycles. The third-order valence-electron chi connectivity index (χ3n) is 4.48. The number of hydrogen-bond acceptors (Lipinski definition) is 12. The maximum absolute atomic E-state index is 12.6. The summed E-state index contributed by atoms with van der Waals surface area (Å²) in [5, 5.41) is 9.91. The zero-order valence-corrected chi connectivity index (χ0v) is 25.3. The normalized spacial score (nSPS) is 25.4. The molecule has 12 nitrogen and oxygen atoms in total. The number of rotatable bonds is 13. The van der Waals surface area contributed by atoms with E-state index in [1.54, 1.807) is 30.3 Å². The molecule has 1 aliphatic rings. The maximum Gasteiger partial charge on any atom is 0.400 e. The molecule has 1 aromatic rings. The summed E-state index contributed by atoms with van der Waals surface area (Å²) in [6.07, 6.45) is -8.29. The molecule has 0 bridgehead atoms. The van der Waals surface area contributed by atoms with Crippen molar-refractivity contribution in [2.75, 3.05) is 26.9 Å². The number of alkyl halides is 6. The van der Waals surface area contributed by atoms with Gasteiger partial charge in [0.1, 0.15) is 31.5 Å². The second-order valence-corrected chi connectivity index (χ2v) is 14.9. The number of hydrogen-bond donors (Lipinski definition) is 1. The van der Waals surface area contributed by atoms with E-state index in [1.165, 1.54) is 0 Å². The van der Waals surface area contributed by atoms with Crippen molar-refractivity contribution >= 4 is 90.4 Å². The van der Waals surface area contributed by atoms with E-state index in [2.05, 4.69) is 8.37 Å². The summed E-state index contributed by atoms with van der Waals surface area (Å²) in [4.78, 5) is 0. The van der Waals surface area contributed by atoms with Crippen molar-refractivity contribution in [1.29, 1.82) is 0 Å². The van der Waals surface area contributed by atoms with Gasteiger partial charge in [-0.1, -0.05) is 99.9 Å². The van der Waals surface area contributed by atoms with Gasteiger partial charge in [0.2, 0.25) is 7.59 Å². The van der Waals surface area contributed by atoms with Crippen molar-refractivity contribution in [3.05, 3.63) is 35.9 Å². The molecule has 0 amide bonds. The molecule has 1 saturated heterocycles. The molecule has 2 rings (SSSR count). The number of aliphatic hydroxyl groups is 1. The topological polar surface area (TPSA) is 153 Å². The lowest BCUT2D eigenvalue weighted by Crippen LogP contribution is -2.62. The average Bonchev–Trinajstić information content (AvgIpc) is 2.81. The van der Waals surface area contributed by atoms with Crippen LogP contribution >= 0.6 is 69.6 Å². The van der Waals surface area contributed by atoms with Gasteiger partial charge in [-0.3, -0.25) is 0 Å². The second kappa shape index (κ2) is 14.6. The minimum Gasteiger partial charge on any atom is -0.394 e. The smallest absolute Gasteiger partial charge is 0.394 e. The van der Waals surface area contributed by atoms with Gasteiger partial charge in [0, 0.05) is 7.11 Å². The van der Waals surface area contributed by atoms with E-state index in [0.717, 1.165) is 7.11 Å². The molecule has 220 valence electrons. The van der Waals surface area contributed by atoms with Crippen LogP contribution in [0, 0.1) is 0 Å². The molecular formula is C18H22Cl6O12S2. The Bertz CT molecular complexity index is 1080. The van der Waals surface area contributed by atoms with Crippen molar-refractivity contribution < 1.29 is 52.9 Å². The van der Waals surface area contributed by atoms with Gasteiger partial charge >= 0.3 is 20.8 Å². The summed E-state index contributed by atoms with van der Waals surface area (Å²) < 4.78 is 81.6. The van der Waals surface area contributed by atoms with E-state index < -0.39 is 78.9 Å². The van der Waals surface area contributed by atoms with Crippen LogP contribution in [0.15, 0.2) is 30.3 Å². The highest BCUT2D eigenvalue weighted by Gasteiger charge is 2.52. The van der Waals surface area contributed by atoms with Gasteiger partial charge in [0.15, 0.2) is 12.4 Å². The molecule has 1 fully saturated rings. The van der Waals surface area contributed by atoms with Crippen LogP contribution in [0.3, 0.4) is 0 Å². The van der Waals surface area contributed by atoms with Gasteiger partial charge in [-0.05, 0) is 5.56 Å². The van der Waals surface area contributed by atoms with Gasteiger partial charge in [-0.25, -0.2) is 16.7 Å². The van der Waals surface area contributed by atoms with E-state index in [4.69, 9.17) is 92.2 Å². The molecule has 1 aromatic carbocycles. The first-order valence-corrected chi connectivity index (χ1v) is 15.1. The number of aliphatic hydroxyl groups excluding tert-OH is 1. The van der Waals surface area contributed by atoms with Crippen LogP contribution in [-0.2, 0) is 58.3 Å². The van der Waals surface area contributed by atoms with Crippen LogP contribution in [0.4, 0.5) is 0 Å². The van der Waals surface area contributed by atoms with E-state index in [9.17, 15) is 21.9 Å². The number of benzene rings is 1. The Morgan fingerprint density at radius 3 is 1.79 bits per heavy atom. The zero-order chi connectivity index (χ0) is 28.8. The monoisotopic (exact) mass is 704 g/mol. The molecular weight excluding hydrogens is 685 g/mol. The van der Waals surface area contributed by atoms with Gasteiger partial charge < -0.3 is 19.3 Å². The maximum atomic E-state index is 12.6. The van der Waals surface area contributed by atoms with Crippen LogP contribution < -0.4 is 0 Å².